The van der Waals surface area contributed by atoms with Crippen LogP contribution in [-0.4, -0.2) is 16.1 Å². The van der Waals surface area contributed by atoms with Gasteiger partial charge >= 0.3 is 5.97 Å². The molecule has 0 aliphatic rings. The van der Waals surface area contributed by atoms with E-state index in [0.29, 0.717) is 5.75 Å². The molecule has 0 radical (unpaired) electrons. The zero-order valence-corrected chi connectivity index (χ0v) is 13.9. The number of carbonyl (C=O) groups is 1. The minimum atomic E-state index is -0.949. The molecule has 0 spiro atoms. The molecule has 0 aliphatic heterocycles. The SMILES string of the molecule is O=C(OCc1nc(COc2ccc(F)cc2)no1)c1c(F)cccc1Cl. The number of carbonyl (C=O) groups excluding carboxylic acids is 1. The molecule has 1 heterocycles. The lowest BCUT2D eigenvalue weighted by atomic mass is 10.2. The molecule has 0 aliphatic carbocycles. The Bertz CT molecular complexity index is 895. The van der Waals surface area contributed by atoms with E-state index in [9.17, 15) is 13.6 Å². The lowest BCUT2D eigenvalue weighted by molar-refractivity contribution is 0.0424. The summed E-state index contributed by atoms with van der Waals surface area (Å²) in [6, 6.07) is 9.26. The summed E-state index contributed by atoms with van der Waals surface area (Å²) in [7, 11) is 0. The molecule has 0 amide bonds. The Labute approximate surface area is 151 Å². The van der Waals surface area contributed by atoms with Crippen LogP contribution in [0.1, 0.15) is 22.1 Å². The van der Waals surface area contributed by atoms with Crippen LogP contribution in [0.5, 0.6) is 5.75 Å². The summed E-state index contributed by atoms with van der Waals surface area (Å²) in [5, 5.41) is 3.60. The summed E-state index contributed by atoms with van der Waals surface area (Å²) in [5.74, 6) is -1.49. The van der Waals surface area contributed by atoms with E-state index >= 15 is 0 Å². The maximum atomic E-state index is 13.6. The molecule has 6 nitrogen and oxygen atoms in total. The van der Waals surface area contributed by atoms with E-state index in [4.69, 9.17) is 25.6 Å². The summed E-state index contributed by atoms with van der Waals surface area (Å²) >= 11 is 5.79. The van der Waals surface area contributed by atoms with Gasteiger partial charge in [0, 0.05) is 0 Å². The molecular weight excluding hydrogens is 370 g/mol. The van der Waals surface area contributed by atoms with Crippen molar-refractivity contribution < 1.29 is 27.6 Å². The molecule has 0 N–H and O–H groups in total. The third-order valence-corrected chi connectivity index (χ3v) is 3.50. The van der Waals surface area contributed by atoms with Gasteiger partial charge in [0.25, 0.3) is 5.89 Å². The number of esters is 1. The van der Waals surface area contributed by atoms with Crippen LogP contribution in [0.4, 0.5) is 8.78 Å². The van der Waals surface area contributed by atoms with Gasteiger partial charge in [-0.25, -0.2) is 13.6 Å². The van der Waals surface area contributed by atoms with Crippen molar-refractivity contribution >= 4 is 17.6 Å². The fourth-order valence-corrected chi connectivity index (χ4v) is 2.22. The van der Waals surface area contributed by atoms with Crippen molar-refractivity contribution in [2.24, 2.45) is 0 Å². The highest BCUT2D eigenvalue weighted by molar-refractivity contribution is 6.33. The van der Waals surface area contributed by atoms with Crippen molar-refractivity contribution in [3.63, 3.8) is 0 Å². The Balaban J connectivity index is 1.55. The molecule has 0 saturated carbocycles. The first-order chi connectivity index (χ1) is 12.5. The molecule has 0 saturated heterocycles. The Morgan fingerprint density at radius 2 is 1.88 bits per heavy atom. The molecule has 0 fully saturated rings. The van der Waals surface area contributed by atoms with Crippen molar-refractivity contribution in [3.05, 3.63) is 76.4 Å². The maximum Gasteiger partial charge on any atom is 0.343 e. The Hall–Kier alpha value is -3.00. The van der Waals surface area contributed by atoms with Crippen molar-refractivity contribution in [1.82, 2.24) is 10.1 Å². The number of halogens is 3. The average molecular weight is 381 g/mol. The minimum Gasteiger partial charge on any atom is -0.485 e. The van der Waals surface area contributed by atoms with E-state index in [1.807, 2.05) is 0 Å². The minimum absolute atomic E-state index is 0.00326. The second kappa shape index (κ2) is 7.92. The van der Waals surface area contributed by atoms with Crippen molar-refractivity contribution in [3.8, 4) is 5.75 Å². The molecule has 1 aromatic heterocycles. The highest BCUT2D eigenvalue weighted by Gasteiger charge is 2.18. The lowest BCUT2D eigenvalue weighted by Gasteiger charge is -2.04. The summed E-state index contributed by atoms with van der Waals surface area (Å²) in [6.07, 6.45) is 0. The molecular formula is C17H11ClF2N2O4. The standard InChI is InChI=1S/C17H11ClF2N2O4/c18-12-2-1-3-13(20)16(12)17(23)25-9-15-21-14(22-26-15)8-24-11-6-4-10(19)5-7-11/h1-7H,8-9H2. The fraction of sp³-hybridized carbons (Fsp3) is 0.118. The molecule has 2 aromatic carbocycles. The molecule has 0 unspecified atom stereocenters. The predicted octanol–water partition coefficient (Wildman–Crippen LogP) is 3.94. The third-order valence-electron chi connectivity index (χ3n) is 3.19. The first-order valence-corrected chi connectivity index (χ1v) is 7.71. The van der Waals surface area contributed by atoms with Gasteiger partial charge in [-0.1, -0.05) is 22.8 Å². The van der Waals surface area contributed by atoms with Crippen LogP contribution in [0.15, 0.2) is 47.0 Å². The summed E-state index contributed by atoms with van der Waals surface area (Å²) in [4.78, 5) is 15.9. The molecule has 26 heavy (non-hydrogen) atoms. The van der Waals surface area contributed by atoms with Gasteiger partial charge in [0.05, 0.1) is 5.02 Å². The number of rotatable bonds is 6. The number of nitrogens with zero attached hydrogens (tertiary/aromatic N) is 2. The first-order valence-electron chi connectivity index (χ1n) is 7.34. The number of hydrogen-bond acceptors (Lipinski definition) is 6. The van der Waals surface area contributed by atoms with Crippen LogP contribution in [0.2, 0.25) is 5.02 Å². The van der Waals surface area contributed by atoms with E-state index < -0.39 is 11.8 Å². The molecule has 3 rings (SSSR count). The lowest BCUT2D eigenvalue weighted by Crippen LogP contribution is -2.08. The van der Waals surface area contributed by atoms with Crippen LogP contribution in [0.25, 0.3) is 0 Å². The van der Waals surface area contributed by atoms with Gasteiger partial charge < -0.3 is 14.0 Å². The second-order valence-electron chi connectivity index (χ2n) is 5.02. The molecule has 0 bridgehead atoms. The van der Waals surface area contributed by atoms with Gasteiger partial charge in [0.1, 0.15) is 22.9 Å². The van der Waals surface area contributed by atoms with E-state index in [-0.39, 0.29) is 41.3 Å². The number of benzene rings is 2. The number of aromatic nitrogens is 2. The number of hydrogen-bond donors (Lipinski definition) is 0. The Kier molecular flexibility index (Phi) is 5.43. The van der Waals surface area contributed by atoms with Crippen LogP contribution in [0, 0.1) is 11.6 Å². The third kappa shape index (κ3) is 4.34. The fourth-order valence-electron chi connectivity index (χ4n) is 1.98. The highest BCUT2D eigenvalue weighted by atomic mass is 35.5. The highest BCUT2D eigenvalue weighted by Crippen LogP contribution is 2.20. The normalized spacial score (nSPS) is 10.6. The molecule has 0 atom stereocenters. The van der Waals surface area contributed by atoms with E-state index in [1.165, 1.54) is 36.4 Å². The zero-order chi connectivity index (χ0) is 18.5. The van der Waals surface area contributed by atoms with E-state index in [2.05, 4.69) is 10.1 Å². The topological polar surface area (TPSA) is 74.5 Å². The maximum absolute atomic E-state index is 13.6. The smallest absolute Gasteiger partial charge is 0.343 e. The largest absolute Gasteiger partial charge is 0.485 e. The van der Waals surface area contributed by atoms with Gasteiger partial charge in [-0.2, -0.15) is 4.98 Å². The predicted molar refractivity (Wildman–Crippen MR) is 85.6 cm³/mol. The van der Waals surface area contributed by atoms with Crippen molar-refractivity contribution in [1.29, 1.82) is 0 Å². The van der Waals surface area contributed by atoms with Crippen molar-refractivity contribution in [2.45, 2.75) is 13.2 Å². The second-order valence-corrected chi connectivity index (χ2v) is 5.43. The quantitative estimate of drug-likeness (QED) is 0.603. The summed E-state index contributed by atoms with van der Waals surface area (Å²) in [6.45, 7) is -0.380. The number of ether oxygens (including phenoxy) is 2. The Morgan fingerprint density at radius 3 is 2.62 bits per heavy atom. The van der Waals surface area contributed by atoms with Crippen LogP contribution in [0.3, 0.4) is 0 Å². The monoisotopic (exact) mass is 380 g/mol. The molecule has 9 heteroatoms. The van der Waals surface area contributed by atoms with E-state index in [1.54, 1.807) is 0 Å². The Morgan fingerprint density at radius 1 is 1.12 bits per heavy atom. The van der Waals surface area contributed by atoms with Crippen LogP contribution in [-0.2, 0) is 18.0 Å². The van der Waals surface area contributed by atoms with Gasteiger partial charge in [0.2, 0.25) is 5.82 Å². The first kappa shape index (κ1) is 17.8. The molecule has 3 aromatic rings. The zero-order valence-electron chi connectivity index (χ0n) is 13.1. The average Bonchev–Trinajstić information content (AvgIpc) is 3.07. The van der Waals surface area contributed by atoms with Gasteiger partial charge in [0.15, 0.2) is 13.2 Å². The van der Waals surface area contributed by atoms with Gasteiger partial charge in [-0.15, -0.1) is 0 Å². The van der Waals surface area contributed by atoms with Crippen molar-refractivity contribution in [2.75, 3.05) is 0 Å². The molecule has 134 valence electrons. The van der Waals surface area contributed by atoms with E-state index in [0.717, 1.165) is 6.07 Å². The summed E-state index contributed by atoms with van der Waals surface area (Å²) in [5.41, 5.74) is -0.367. The summed E-state index contributed by atoms with van der Waals surface area (Å²) < 4.78 is 41.6. The van der Waals surface area contributed by atoms with Gasteiger partial charge in [-0.3, -0.25) is 0 Å². The van der Waals surface area contributed by atoms with Crippen LogP contribution >= 0.6 is 11.6 Å². The van der Waals surface area contributed by atoms with Gasteiger partial charge in [-0.05, 0) is 36.4 Å². The van der Waals surface area contributed by atoms with Crippen LogP contribution < -0.4 is 4.74 Å².